The molecule has 8 heteroatoms. The number of pyridine rings is 1. The van der Waals surface area contributed by atoms with E-state index in [1.54, 1.807) is 10.8 Å². The number of nitrogens with two attached hydrogens (primary N) is 1. The number of likely N-dealkylation sites (tertiary alicyclic amines) is 1. The third-order valence-electron chi connectivity index (χ3n) is 6.66. The average Bonchev–Trinajstić information content (AvgIpc) is 2.72. The highest BCUT2D eigenvalue weighted by Crippen LogP contribution is 2.38. The molecule has 3 aromatic rings. The van der Waals surface area contributed by atoms with Crippen LogP contribution < -0.4 is 16.6 Å². The molecule has 0 saturated carbocycles. The van der Waals surface area contributed by atoms with E-state index in [1.165, 1.54) is 5.56 Å². The zero-order valence-electron chi connectivity index (χ0n) is 19.4. The number of hydrogen-bond donors (Lipinski definition) is 2. The maximum atomic E-state index is 13.3. The zero-order chi connectivity index (χ0) is 23.0. The molecule has 4 heterocycles. The topological polar surface area (TPSA) is 98.3 Å². The lowest BCUT2D eigenvalue weighted by Crippen LogP contribution is -2.65. The number of rotatable bonds is 8. The van der Waals surface area contributed by atoms with Crippen LogP contribution in [0.5, 0.6) is 0 Å². The average molecular weight is 449 g/mol. The lowest BCUT2D eigenvalue weighted by atomic mass is 9.78. The van der Waals surface area contributed by atoms with Crippen LogP contribution in [-0.2, 0) is 17.8 Å². The summed E-state index contributed by atoms with van der Waals surface area (Å²) < 4.78 is 7.07. The summed E-state index contributed by atoms with van der Waals surface area (Å²) in [5.74, 6) is 0.678. The first-order valence-electron chi connectivity index (χ1n) is 11.8. The molecule has 2 fully saturated rings. The first kappa shape index (κ1) is 21.9. The van der Waals surface area contributed by atoms with Crippen molar-refractivity contribution in [2.45, 2.75) is 45.8 Å². The Morgan fingerprint density at radius 3 is 2.45 bits per heavy atom. The van der Waals surface area contributed by atoms with Gasteiger partial charge >= 0.3 is 0 Å². The highest BCUT2D eigenvalue weighted by molar-refractivity contribution is 5.89. The first-order chi connectivity index (χ1) is 15.9. The molecule has 2 aliphatic rings. The van der Waals surface area contributed by atoms with Crippen molar-refractivity contribution in [1.82, 2.24) is 19.4 Å². The van der Waals surface area contributed by atoms with Gasteiger partial charge in [-0.15, -0.1) is 0 Å². The summed E-state index contributed by atoms with van der Waals surface area (Å²) in [5, 5.41) is 3.84. The molecule has 0 aliphatic carbocycles. The molecular weight excluding hydrogens is 416 g/mol. The molecule has 33 heavy (non-hydrogen) atoms. The van der Waals surface area contributed by atoms with E-state index < -0.39 is 0 Å². The van der Waals surface area contributed by atoms with Crippen molar-refractivity contribution in [3.63, 3.8) is 0 Å². The normalized spacial score (nSPS) is 18.1. The number of nitrogens with zero attached hydrogens (tertiary/aromatic N) is 4. The number of hydrogen-bond acceptors (Lipinski definition) is 7. The highest BCUT2D eigenvalue weighted by Gasteiger charge is 2.48. The molecule has 2 aromatic heterocycles. The van der Waals surface area contributed by atoms with Gasteiger partial charge in [0, 0.05) is 37.3 Å². The van der Waals surface area contributed by atoms with E-state index in [9.17, 15) is 4.79 Å². The number of benzene rings is 1. The van der Waals surface area contributed by atoms with Crippen LogP contribution in [0.4, 0.5) is 11.8 Å². The second kappa shape index (κ2) is 8.76. The Morgan fingerprint density at radius 2 is 1.82 bits per heavy atom. The van der Waals surface area contributed by atoms with Crippen molar-refractivity contribution >= 4 is 22.7 Å². The third-order valence-corrected chi connectivity index (χ3v) is 6.66. The number of nitrogen functional groups attached to an aromatic ring is 1. The smallest absolute Gasteiger partial charge is 0.264 e. The quantitative estimate of drug-likeness (QED) is 0.547. The van der Waals surface area contributed by atoms with Gasteiger partial charge in [0.05, 0.1) is 25.3 Å². The van der Waals surface area contributed by atoms with Crippen LogP contribution in [0, 0.1) is 5.41 Å². The largest absolute Gasteiger partial charge is 0.380 e. The summed E-state index contributed by atoms with van der Waals surface area (Å²) in [4.78, 5) is 24.4. The molecule has 0 unspecified atom stereocenters. The fraction of sp³-hybridized carbons (Fsp3) is 0.480. The van der Waals surface area contributed by atoms with Gasteiger partial charge in [-0.3, -0.25) is 9.69 Å². The van der Waals surface area contributed by atoms with E-state index in [-0.39, 0.29) is 17.5 Å². The molecule has 3 N–H and O–H groups in total. The van der Waals surface area contributed by atoms with Crippen LogP contribution >= 0.6 is 0 Å². The summed E-state index contributed by atoms with van der Waals surface area (Å²) in [7, 11) is 0. The monoisotopic (exact) mass is 448 g/mol. The van der Waals surface area contributed by atoms with E-state index in [0.29, 0.717) is 28.7 Å². The fourth-order valence-electron chi connectivity index (χ4n) is 4.96. The molecule has 0 radical (unpaired) electrons. The van der Waals surface area contributed by atoms with Crippen molar-refractivity contribution in [1.29, 1.82) is 0 Å². The number of nitrogens with one attached hydrogen (secondary N) is 1. The Bertz CT molecular complexity index is 1190. The van der Waals surface area contributed by atoms with Gasteiger partial charge in [-0.25, -0.2) is 4.98 Å². The van der Waals surface area contributed by atoms with Crippen LogP contribution in [-0.4, -0.2) is 51.8 Å². The first-order valence-corrected chi connectivity index (χ1v) is 11.8. The number of fused-ring (bicyclic) bond motifs is 1. The molecule has 1 aromatic carbocycles. The van der Waals surface area contributed by atoms with Gasteiger partial charge in [0.25, 0.3) is 5.56 Å². The van der Waals surface area contributed by atoms with E-state index >= 15 is 0 Å². The van der Waals surface area contributed by atoms with Crippen molar-refractivity contribution < 1.29 is 4.74 Å². The van der Waals surface area contributed by atoms with Gasteiger partial charge in [-0.2, -0.15) is 4.98 Å². The lowest BCUT2D eigenvalue weighted by molar-refractivity contribution is -0.191. The molecule has 174 valence electrons. The van der Waals surface area contributed by atoms with Crippen LogP contribution in [0.25, 0.3) is 10.9 Å². The minimum atomic E-state index is -0.114. The Balaban J connectivity index is 1.32. The molecular formula is C25H32N6O2. The van der Waals surface area contributed by atoms with Crippen LogP contribution in [0.1, 0.15) is 37.8 Å². The SMILES string of the molecule is CCC[C@@H](C)Nc1nc(N)nc2ccn(Cc3ccc(CN4CC5(COC5)C4)cc3)c(=O)c12. The molecule has 1 atom stereocenters. The Kier molecular flexibility index (Phi) is 5.80. The maximum absolute atomic E-state index is 13.3. The van der Waals surface area contributed by atoms with Crippen molar-refractivity contribution in [2.24, 2.45) is 5.41 Å². The molecule has 1 spiro atoms. The Morgan fingerprint density at radius 1 is 1.12 bits per heavy atom. The summed E-state index contributed by atoms with van der Waals surface area (Å²) in [5.41, 5.74) is 9.16. The van der Waals surface area contributed by atoms with Crippen LogP contribution in [0.2, 0.25) is 0 Å². The van der Waals surface area contributed by atoms with Gasteiger partial charge < -0.3 is 20.4 Å². The predicted molar refractivity (Wildman–Crippen MR) is 130 cm³/mol. The predicted octanol–water partition coefficient (Wildman–Crippen LogP) is 2.85. The fourth-order valence-corrected chi connectivity index (χ4v) is 4.96. The van der Waals surface area contributed by atoms with Crippen molar-refractivity contribution in [2.75, 3.05) is 37.4 Å². The van der Waals surface area contributed by atoms with Crippen molar-refractivity contribution in [3.8, 4) is 0 Å². The van der Waals surface area contributed by atoms with Gasteiger partial charge in [-0.1, -0.05) is 37.6 Å². The number of anilines is 2. The zero-order valence-corrected chi connectivity index (χ0v) is 19.4. The number of ether oxygens (including phenoxy) is 1. The standard InChI is InChI=1S/C25H32N6O2/c1-3-4-17(2)27-22-21-20(28-24(26)29-22)9-10-31(23(21)32)12-19-7-5-18(6-8-19)11-30-13-25(14-30)15-33-16-25/h5-10,17H,3-4,11-16H2,1-2H3,(H3,26,27,28,29)/t17-/m1/s1. The molecule has 2 saturated heterocycles. The molecule has 5 rings (SSSR count). The van der Waals surface area contributed by atoms with Gasteiger partial charge in [0.15, 0.2) is 0 Å². The summed E-state index contributed by atoms with van der Waals surface area (Å²) in [6, 6.07) is 10.6. The maximum Gasteiger partial charge on any atom is 0.264 e. The van der Waals surface area contributed by atoms with Crippen molar-refractivity contribution in [3.05, 3.63) is 58.0 Å². The van der Waals surface area contributed by atoms with E-state index in [2.05, 4.69) is 58.3 Å². The number of aromatic nitrogens is 3. The molecule has 0 amide bonds. The van der Waals surface area contributed by atoms with E-state index in [0.717, 1.165) is 51.3 Å². The molecule has 2 aliphatic heterocycles. The van der Waals surface area contributed by atoms with Gasteiger partial charge in [-0.05, 0) is 30.5 Å². The second-order valence-corrected chi connectivity index (χ2v) is 9.73. The Hall–Kier alpha value is -2.97. The molecule has 0 bridgehead atoms. The van der Waals surface area contributed by atoms with Gasteiger partial charge in [0.1, 0.15) is 11.2 Å². The third kappa shape index (κ3) is 4.45. The summed E-state index contributed by atoms with van der Waals surface area (Å²) in [6.07, 6.45) is 3.80. The minimum absolute atomic E-state index is 0.114. The van der Waals surface area contributed by atoms with E-state index in [4.69, 9.17) is 10.5 Å². The Labute approximate surface area is 193 Å². The summed E-state index contributed by atoms with van der Waals surface area (Å²) >= 11 is 0. The van der Waals surface area contributed by atoms with Crippen LogP contribution in [0.3, 0.4) is 0 Å². The second-order valence-electron chi connectivity index (χ2n) is 9.73. The lowest BCUT2D eigenvalue weighted by Gasteiger charge is -2.55. The van der Waals surface area contributed by atoms with Gasteiger partial charge in [0.2, 0.25) is 5.95 Å². The summed E-state index contributed by atoms with van der Waals surface area (Å²) in [6.45, 7) is 9.74. The molecule has 8 nitrogen and oxygen atoms in total. The minimum Gasteiger partial charge on any atom is -0.380 e. The van der Waals surface area contributed by atoms with E-state index in [1.807, 2.05) is 6.07 Å². The van der Waals surface area contributed by atoms with Crippen LogP contribution in [0.15, 0.2) is 41.3 Å². The highest BCUT2D eigenvalue weighted by atomic mass is 16.5.